The van der Waals surface area contributed by atoms with Gasteiger partial charge in [0.25, 0.3) is 5.91 Å². The van der Waals surface area contributed by atoms with Crippen molar-refractivity contribution in [3.05, 3.63) is 69.5 Å². The van der Waals surface area contributed by atoms with Crippen LogP contribution in [0.3, 0.4) is 0 Å². The molecule has 0 aliphatic heterocycles. The molecule has 0 atom stereocenters. The van der Waals surface area contributed by atoms with Gasteiger partial charge in [0.2, 0.25) is 0 Å². The largest absolute Gasteiger partial charge is 0.495 e. The zero-order chi connectivity index (χ0) is 18.8. The number of hydrogen-bond donors (Lipinski definition) is 1. The van der Waals surface area contributed by atoms with E-state index in [1.165, 1.54) is 7.11 Å². The predicted octanol–water partition coefficient (Wildman–Crippen LogP) is 5.06. The van der Waals surface area contributed by atoms with Gasteiger partial charge in [-0.15, -0.1) is 0 Å². The number of benzene rings is 2. The second-order valence-electron chi connectivity index (χ2n) is 5.75. The second kappa shape index (κ2) is 7.40. The number of halogens is 2. The number of nitrogens with one attached hydrogen (secondary N) is 1. The third-order valence-electron chi connectivity index (χ3n) is 3.99. The average Bonchev–Trinajstić information content (AvgIpc) is 2.89. The van der Waals surface area contributed by atoms with Gasteiger partial charge in [0.05, 0.1) is 34.2 Å². The first-order valence-electron chi connectivity index (χ1n) is 7.87. The summed E-state index contributed by atoms with van der Waals surface area (Å²) >= 11 is 12.3. The zero-order valence-corrected chi connectivity index (χ0v) is 16.0. The molecule has 0 aliphatic rings. The molecule has 5 nitrogen and oxygen atoms in total. The number of nitrogens with zero attached hydrogens (tertiary/aromatic N) is 2. The molecule has 1 aromatic heterocycles. The molecule has 2 aromatic carbocycles. The Labute approximate surface area is 161 Å². The van der Waals surface area contributed by atoms with Crippen LogP contribution in [0.5, 0.6) is 5.75 Å². The van der Waals surface area contributed by atoms with E-state index >= 15 is 0 Å². The normalized spacial score (nSPS) is 10.7. The van der Waals surface area contributed by atoms with Gasteiger partial charge in [0, 0.05) is 11.3 Å². The van der Waals surface area contributed by atoms with E-state index < -0.39 is 0 Å². The van der Waals surface area contributed by atoms with Gasteiger partial charge in [-0.25, -0.2) is 4.68 Å². The van der Waals surface area contributed by atoms with Crippen LogP contribution in [-0.4, -0.2) is 22.8 Å². The van der Waals surface area contributed by atoms with Crippen molar-refractivity contribution in [2.45, 2.75) is 13.8 Å². The molecule has 3 aromatic rings. The van der Waals surface area contributed by atoms with Crippen LogP contribution >= 0.6 is 23.2 Å². The molecule has 0 radical (unpaired) electrons. The van der Waals surface area contributed by atoms with E-state index in [1.54, 1.807) is 35.0 Å². The van der Waals surface area contributed by atoms with Crippen molar-refractivity contribution in [1.29, 1.82) is 0 Å². The van der Waals surface area contributed by atoms with Gasteiger partial charge in [-0.2, -0.15) is 5.10 Å². The summed E-state index contributed by atoms with van der Waals surface area (Å²) in [5.41, 5.74) is 3.57. The summed E-state index contributed by atoms with van der Waals surface area (Å²) in [6.07, 6.45) is 0. The number of rotatable bonds is 4. The molecule has 26 heavy (non-hydrogen) atoms. The van der Waals surface area contributed by atoms with Crippen LogP contribution in [0.25, 0.3) is 5.69 Å². The van der Waals surface area contributed by atoms with E-state index in [2.05, 4.69) is 10.4 Å². The van der Waals surface area contributed by atoms with E-state index in [0.29, 0.717) is 27.0 Å². The molecule has 134 valence electrons. The van der Waals surface area contributed by atoms with Gasteiger partial charge in [-0.3, -0.25) is 4.79 Å². The number of carbonyl (C=O) groups is 1. The van der Waals surface area contributed by atoms with Crippen molar-refractivity contribution >= 4 is 34.8 Å². The lowest BCUT2D eigenvalue weighted by atomic mass is 10.2. The van der Waals surface area contributed by atoms with Gasteiger partial charge < -0.3 is 10.1 Å². The number of methoxy groups -OCH3 is 1. The Morgan fingerprint density at radius 1 is 1.12 bits per heavy atom. The highest BCUT2D eigenvalue weighted by Gasteiger charge is 2.12. The summed E-state index contributed by atoms with van der Waals surface area (Å²) in [6.45, 7) is 3.75. The maximum Gasteiger partial charge on any atom is 0.255 e. The summed E-state index contributed by atoms with van der Waals surface area (Å²) in [7, 11) is 1.54. The molecule has 0 fully saturated rings. The monoisotopic (exact) mass is 389 g/mol. The Balaban J connectivity index is 1.78. The lowest BCUT2D eigenvalue weighted by Gasteiger charge is -2.09. The Hall–Kier alpha value is -2.50. The Morgan fingerprint density at radius 3 is 2.35 bits per heavy atom. The minimum absolute atomic E-state index is 0.232. The van der Waals surface area contributed by atoms with Crippen LogP contribution < -0.4 is 10.1 Å². The molecular weight excluding hydrogens is 373 g/mol. The maximum absolute atomic E-state index is 12.4. The highest BCUT2D eigenvalue weighted by molar-refractivity contribution is 6.32. The summed E-state index contributed by atoms with van der Waals surface area (Å²) < 4.78 is 6.85. The molecule has 1 heterocycles. The minimum Gasteiger partial charge on any atom is -0.495 e. The van der Waals surface area contributed by atoms with Gasteiger partial charge in [0.1, 0.15) is 5.75 Å². The highest BCUT2D eigenvalue weighted by Crippen LogP contribution is 2.27. The van der Waals surface area contributed by atoms with E-state index in [-0.39, 0.29) is 5.91 Å². The van der Waals surface area contributed by atoms with Crippen LogP contribution in [-0.2, 0) is 0 Å². The number of aromatic nitrogens is 2. The number of anilines is 1. The van der Waals surface area contributed by atoms with E-state index in [1.807, 2.05) is 26.0 Å². The van der Waals surface area contributed by atoms with Crippen molar-refractivity contribution in [2.75, 3.05) is 12.4 Å². The van der Waals surface area contributed by atoms with Crippen molar-refractivity contribution in [1.82, 2.24) is 9.78 Å². The fourth-order valence-corrected chi connectivity index (χ4v) is 2.95. The SMILES string of the molecule is COc1ccc(NC(=O)c2ccc(-n3nc(C)c(Cl)c3C)cc2)cc1Cl. The highest BCUT2D eigenvalue weighted by atomic mass is 35.5. The quantitative estimate of drug-likeness (QED) is 0.678. The van der Waals surface area contributed by atoms with Crippen molar-refractivity contribution in [3.8, 4) is 11.4 Å². The van der Waals surface area contributed by atoms with Crippen LogP contribution in [0.4, 0.5) is 5.69 Å². The number of amides is 1. The van der Waals surface area contributed by atoms with Crippen LogP contribution in [0.1, 0.15) is 21.7 Å². The van der Waals surface area contributed by atoms with Crippen LogP contribution in [0.2, 0.25) is 10.0 Å². The van der Waals surface area contributed by atoms with Crippen LogP contribution in [0, 0.1) is 13.8 Å². The second-order valence-corrected chi connectivity index (χ2v) is 6.53. The third kappa shape index (κ3) is 3.54. The van der Waals surface area contributed by atoms with E-state index in [9.17, 15) is 4.79 Å². The molecule has 0 saturated heterocycles. The first kappa shape index (κ1) is 18.3. The molecule has 0 spiro atoms. The Kier molecular flexibility index (Phi) is 5.20. The zero-order valence-electron chi connectivity index (χ0n) is 14.5. The van der Waals surface area contributed by atoms with Gasteiger partial charge in [0.15, 0.2) is 0 Å². The topological polar surface area (TPSA) is 56.1 Å². The number of ether oxygens (including phenoxy) is 1. The van der Waals surface area contributed by atoms with Crippen molar-refractivity contribution in [3.63, 3.8) is 0 Å². The molecule has 0 aliphatic carbocycles. The molecule has 0 saturated carbocycles. The summed E-state index contributed by atoms with van der Waals surface area (Å²) in [4.78, 5) is 12.4. The summed E-state index contributed by atoms with van der Waals surface area (Å²) in [6, 6.07) is 12.2. The molecule has 7 heteroatoms. The Bertz CT molecular complexity index is 966. The van der Waals surface area contributed by atoms with Crippen molar-refractivity contribution < 1.29 is 9.53 Å². The van der Waals surface area contributed by atoms with E-state index in [0.717, 1.165) is 17.1 Å². The van der Waals surface area contributed by atoms with Gasteiger partial charge in [-0.1, -0.05) is 23.2 Å². The van der Waals surface area contributed by atoms with Gasteiger partial charge in [-0.05, 0) is 56.3 Å². The third-order valence-corrected chi connectivity index (χ3v) is 4.83. The maximum atomic E-state index is 12.4. The van der Waals surface area contributed by atoms with E-state index in [4.69, 9.17) is 27.9 Å². The Morgan fingerprint density at radius 2 is 1.81 bits per heavy atom. The van der Waals surface area contributed by atoms with Crippen molar-refractivity contribution in [2.24, 2.45) is 0 Å². The number of aryl methyl sites for hydroxylation is 1. The standard InChI is InChI=1S/C19H17Cl2N3O2/c1-11-18(21)12(2)24(23-11)15-7-4-13(5-8-15)19(25)22-14-6-9-17(26-3)16(20)10-14/h4-10H,1-3H3,(H,22,25). The number of carbonyl (C=O) groups excluding carboxylic acids is 1. The minimum atomic E-state index is -0.232. The predicted molar refractivity (Wildman–Crippen MR) is 104 cm³/mol. The fourth-order valence-electron chi connectivity index (χ4n) is 2.58. The first-order valence-corrected chi connectivity index (χ1v) is 8.63. The molecular formula is C19H17Cl2N3O2. The summed E-state index contributed by atoms with van der Waals surface area (Å²) in [5.74, 6) is 0.321. The fraction of sp³-hybridized carbons (Fsp3) is 0.158. The smallest absolute Gasteiger partial charge is 0.255 e. The number of hydrogen-bond acceptors (Lipinski definition) is 3. The lowest BCUT2D eigenvalue weighted by molar-refractivity contribution is 0.102. The first-order chi connectivity index (χ1) is 12.4. The molecule has 1 amide bonds. The average molecular weight is 390 g/mol. The summed E-state index contributed by atoms with van der Waals surface area (Å²) in [5, 5.41) is 8.29. The molecule has 0 bridgehead atoms. The lowest BCUT2D eigenvalue weighted by Crippen LogP contribution is -2.12. The van der Waals surface area contributed by atoms with Crippen LogP contribution in [0.15, 0.2) is 42.5 Å². The molecule has 1 N–H and O–H groups in total. The molecule has 3 rings (SSSR count). The molecule has 0 unspecified atom stereocenters. The van der Waals surface area contributed by atoms with Gasteiger partial charge >= 0.3 is 0 Å².